The van der Waals surface area contributed by atoms with Crippen molar-refractivity contribution < 1.29 is 19.6 Å². The van der Waals surface area contributed by atoms with E-state index in [4.69, 9.17) is 4.74 Å². The average Bonchev–Trinajstić information content (AvgIpc) is 3.27. The maximum Gasteiger partial charge on any atom is 0.281 e. The third kappa shape index (κ3) is 4.12. The van der Waals surface area contributed by atoms with Crippen LogP contribution in [-0.2, 0) is 29.1 Å². The molecule has 0 spiro atoms. The van der Waals surface area contributed by atoms with Crippen molar-refractivity contribution >= 4 is 11.8 Å². The summed E-state index contributed by atoms with van der Waals surface area (Å²) in [5, 5.41) is 5.10. The molecule has 6 nitrogen and oxygen atoms in total. The van der Waals surface area contributed by atoms with E-state index >= 15 is 0 Å². The van der Waals surface area contributed by atoms with Gasteiger partial charge in [-0.15, -0.1) is 0 Å². The number of fused-ring (bicyclic) bond motifs is 1. The topological polar surface area (TPSA) is 75.2 Å². The molecule has 0 aromatic heterocycles. The van der Waals surface area contributed by atoms with Crippen molar-refractivity contribution in [2.75, 3.05) is 13.7 Å². The Morgan fingerprint density at radius 1 is 1.14 bits per heavy atom. The van der Waals surface area contributed by atoms with Gasteiger partial charge in [0.15, 0.2) is 6.04 Å². The Kier molecular flexibility index (Phi) is 5.81. The van der Waals surface area contributed by atoms with Gasteiger partial charge in [-0.3, -0.25) is 9.59 Å². The Balaban J connectivity index is 1.39. The second kappa shape index (κ2) is 8.66. The minimum atomic E-state index is -0.386. The number of hydrogen-bond donors (Lipinski definition) is 2. The molecule has 0 bridgehead atoms. The van der Waals surface area contributed by atoms with E-state index in [-0.39, 0.29) is 23.9 Å². The highest BCUT2D eigenvalue weighted by Crippen LogP contribution is 2.22. The summed E-state index contributed by atoms with van der Waals surface area (Å²) in [6.45, 7) is 1.85. The van der Waals surface area contributed by atoms with E-state index in [1.54, 1.807) is 12.0 Å². The molecule has 2 amide bonds. The lowest BCUT2D eigenvalue weighted by Gasteiger charge is -2.29. The van der Waals surface area contributed by atoms with Crippen molar-refractivity contribution in [1.29, 1.82) is 0 Å². The lowest BCUT2D eigenvalue weighted by Crippen LogP contribution is -2.93. The largest absolute Gasteiger partial charge is 0.496 e. The number of methoxy groups -OCH3 is 1. The Labute approximate surface area is 171 Å². The number of benzene rings is 2. The van der Waals surface area contributed by atoms with Crippen LogP contribution in [0.25, 0.3) is 0 Å². The number of nitrogens with zero attached hydrogens (tertiary/aromatic N) is 1. The number of nitrogens with one attached hydrogen (secondary N) is 1. The van der Waals surface area contributed by atoms with E-state index in [1.807, 2.05) is 36.4 Å². The van der Waals surface area contributed by atoms with E-state index in [1.165, 1.54) is 11.1 Å². The van der Waals surface area contributed by atoms with Gasteiger partial charge in [0.25, 0.3) is 5.91 Å². The number of likely N-dealkylation sites (tertiary alicyclic amines) is 1. The lowest BCUT2D eigenvalue weighted by atomic mass is 9.95. The molecule has 1 saturated heterocycles. The molecular formula is C23H28N3O3+. The van der Waals surface area contributed by atoms with Crippen LogP contribution >= 0.6 is 0 Å². The second-order valence-electron chi connectivity index (χ2n) is 7.74. The predicted molar refractivity (Wildman–Crippen MR) is 109 cm³/mol. The molecule has 29 heavy (non-hydrogen) atoms. The van der Waals surface area contributed by atoms with Crippen LogP contribution in [0.5, 0.6) is 5.75 Å². The Morgan fingerprint density at radius 3 is 2.72 bits per heavy atom. The van der Waals surface area contributed by atoms with Crippen LogP contribution in [0, 0.1) is 0 Å². The number of hydrogen-bond acceptors (Lipinski definition) is 3. The highest BCUT2D eigenvalue weighted by Gasteiger charge is 2.39. The maximum absolute atomic E-state index is 13.2. The summed E-state index contributed by atoms with van der Waals surface area (Å²) in [6.07, 6.45) is 2.30. The third-order valence-corrected chi connectivity index (χ3v) is 5.98. The van der Waals surface area contributed by atoms with Crippen LogP contribution in [0.3, 0.4) is 0 Å². The number of quaternary nitrogens is 1. The molecule has 3 N–H and O–H groups in total. The van der Waals surface area contributed by atoms with Crippen molar-refractivity contribution in [2.45, 2.75) is 44.4 Å². The van der Waals surface area contributed by atoms with Crippen molar-refractivity contribution in [2.24, 2.45) is 0 Å². The fourth-order valence-electron chi connectivity index (χ4n) is 4.40. The standard InChI is InChI=1S/C23H27N3O3/c1-29-21-11-5-4-9-18(21)15-25-22(27)20-10-6-12-26(20)23(28)19-13-16-7-2-3-8-17(16)14-24-19/h2-5,7-9,11,19-20,24H,6,10,12-15H2,1H3,(H,25,27)/p+1/t19-,20-/m0/s1. The number of carbonyl (C=O) groups is 2. The predicted octanol–water partition coefficient (Wildman–Crippen LogP) is 0.991. The molecule has 2 atom stereocenters. The van der Waals surface area contributed by atoms with Crippen molar-refractivity contribution in [1.82, 2.24) is 10.2 Å². The minimum Gasteiger partial charge on any atom is -0.496 e. The van der Waals surface area contributed by atoms with E-state index in [9.17, 15) is 9.59 Å². The second-order valence-corrected chi connectivity index (χ2v) is 7.74. The number of para-hydroxylation sites is 1. The number of amides is 2. The zero-order chi connectivity index (χ0) is 20.2. The van der Waals surface area contributed by atoms with Crippen LogP contribution in [0.2, 0.25) is 0 Å². The molecule has 0 unspecified atom stereocenters. The molecule has 152 valence electrons. The Morgan fingerprint density at radius 2 is 1.90 bits per heavy atom. The summed E-state index contributed by atoms with van der Waals surface area (Å²) in [4.78, 5) is 27.8. The number of nitrogens with two attached hydrogens (primary N) is 1. The smallest absolute Gasteiger partial charge is 0.281 e. The number of ether oxygens (including phenoxy) is 1. The molecule has 0 aliphatic carbocycles. The average molecular weight is 394 g/mol. The van der Waals surface area contributed by atoms with E-state index in [0.29, 0.717) is 19.5 Å². The summed E-state index contributed by atoms with van der Waals surface area (Å²) in [6, 6.07) is 15.4. The molecule has 2 aliphatic heterocycles. The first kappa shape index (κ1) is 19.5. The van der Waals surface area contributed by atoms with Crippen molar-refractivity contribution in [3.63, 3.8) is 0 Å². The Bertz CT molecular complexity index is 898. The van der Waals surface area contributed by atoms with E-state index in [0.717, 1.165) is 30.7 Å². The van der Waals surface area contributed by atoms with E-state index < -0.39 is 0 Å². The first-order valence-electron chi connectivity index (χ1n) is 10.3. The molecule has 2 aromatic rings. The first-order valence-corrected chi connectivity index (χ1v) is 10.3. The molecule has 2 heterocycles. The monoisotopic (exact) mass is 394 g/mol. The van der Waals surface area contributed by atoms with Crippen LogP contribution in [-0.4, -0.2) is 42.5 Å². The molecule has 4 rings (SSSR count). The van der Waals surface area contributed by atoms with Crippen molar-refractivity contribution in [3.05, 3.63) is 65.2 Å². The van der Waals surface area contributed by atoms with Gasteiger partial charge in [-0.05, 0) is 24.5 Å². The van der Waals surface area contributed by atoms with Crippen LogP contribution in [0.1, 0.15) is 29.5 Å². The van der Waals surface area contributed by atoms with Crippen LogP contribution in [0.15, 0.2) is 48.5 Å². The fraction of sp³-hybridized carbons (Fsp3) is 0.391. The summed E-state index contributed by atoms with van der Waals surface area (Å²) in [7, 11) is 1.62. The van der Waals surface area contributed by atoms with Gasteiger partial charge in [-0.25, -0.2) is 0 Å². The zero-order valence-corrected chi connectivity index (χ0v) is 16.8. The normalized spacial score (nSPS) is 20.8. The van der Waals surface area contributed by atoms with Crippen LogP contribution < -0.4 is 15.4 Å². The van der Waals surface area contributed by atoms with E-state index in [2.05, 4.69) is 22.8 Å². The SMILES string of the molecule is COc1ccccc1CNC(=O)[C@@H]1CCCN1C(=O)[C@@H]1Cc2ccccc2C[NH2+]1. The van der Waals surface area contributed by atoms with Gasteiger partial charge < -0.3 is 20.3 Å². The molecule has 0 radical (unpaired) electrons. The first-order chi connectivity index (χ1) is 14.2. The highest BCUT2D eigenvalue weighted by molar-refractivity contribution is 5.90. The molecule has 1 fully saturated rings. The Hall–Kier alpha value is -2.86. The van der Waals surface area contributed by atoms with Crippen LogP contribution in [0.4, 0.5) is 0 Å². The zero-order valence-electron chi connectivity index (χ0n) is 16.8. The minimum absolute atomic E-state index is 0.0782. The van der Waals surface area contributed by atoms with Gasteiger partial charge >= 0.3 is 0 Å². The third-order valence-electron chi connectivity index (χ3n) is 5.98. The van der Waals surface area contributed by atoms with Gasteiger partial charge in [-0.1, -0.05) is 42.5 Å². The number of rotatable bonds is 5. The molecule has 0 saturated carbocycles. The van der Waals surface area contributed by atoms with Gasteiger partial charge in [0.1, 0.15) is 18.3 Å². The molecule has 6 heteroatoms. The van der Waals surface area contributed by atoms with Gasteiger partial charge in [0.05, 0.1) is 7.11 Å². The molecule has 2 aliphatic rings. The quantitative estimate of drug-likeness (QED) is 0.794. The van der Waals surface area contributed by atoms with Gasteiger partial charge in [-0.2, -0.15) is 0 Å². The van der Waals surface area contributed by atoms with Gasteiger partial charge in [0.2, 0.25) is 5.91 Å². The summed E-state index contributed by atoms with van der Waals surface area (Å²) >= 11 is 0. The summed E-state index contributed by atoms with van der Waals surface area (Å²) < 4.78 is 5.35. The molecular weight excluding hydrogens is 366 g/mol. The highest BCUT2D eigenvalue weighted by atomic mass is 16.5. The molecule has 2 aromatic carbocycles. The fourth-order valence-corrected chi connectivity index (χ4v) is 4.40. The van der Waals surface area contributed by atoms with Crippen molar-refractivity contribution in [3.8, 4) is 5.75 Å². The van der Waals surface area contributed by atoms with Gasteiger partial charge in [0, 0.05) is 30.6 Å². The lowest BCUT2D eigenvalue weighted by molar-refractivity contribution is -0.695. The number of carbonyl (C=O) groups excluding carboxylic acids is 2. The maximum atomic E-state index is 13.2. The summed E-state index contributed by atoms with van der Waals surface area (Å²) in [5.74, 6) is 0.745. The summed E-state index contributed by atoms with van der Waals surface area (Å²) in [5.41, 5.74) is 3.46.